The summed E-state index contributed by atoms with van der Waals surface area (Å²) in [4.78, 5) is 0. The molecule has 0 heterocycles. The highest BCUT2D eigenvalue weighted by atomic mass is 19.1. The number of benzene rings is 1. The molecule has 0 saturated carbocycles. The number of halogens is 1. The second-order valence-corrected chi connectivity index (χ2v) is 4.17. The van der Waals surface area contributed by atoms with E-state index < -0.39 is 0 Å². The van der Waals surface area contributed by atoms with Crippen LogP contribution in [0.3, 0.4) is 0 Å². The third kappa shape index (κ3) is 2.56. The molecule has 1 aliphatic rings. The zero-order valence-electron chi connectivity index (χ0n) is 8.91. The second kappa shape index (κ2) is 4.43. The van der Waals surface area contributed by atoms with Crippen LogP contribution in [0.5, 0.6) is 0 Å². The standard InChI is InChI=1S/C14H15F/c1-11-4-2-3-5-13(10-11)12-6-8-14(15)9-7-12/h2-3,5-9,11H,4,10H2,1H3. The van der Waals surface area contributed by atoms with Gasteiger partial charge in [-0.05, 0) is 42.0 Å². The zero-order valence-corrected chi connectivity index (χ0v) is 8.91. The molecule has 0 amide bonds. The first-order chi connectivity index (χ1) is 7.25. The van der Waals surface area contributed by atoms with Gasteiger partial charge in [-0.15, -0.1) is 0 Å². The Morgan fingerprint density at radius 2 is 1.93 bits per heavy atom. The Bertz CT molecular complexity index is 384. The highest BCUT2D eigenvalue weighted by molar-refractivity contribution is 5.67. The maximum absolute atomic E-state index is 12.8. The molecule has 0 aliphatic heterocycles. The van der Waals surface area contributed by atoms with Crippen LogP contribution in [0.2, 0.25) is 0 Å². The molecule has 1 aromatic rings. The third-order valence-electron chi connectivity index (χ3n) is 2.76. The first-order valence-corrected chi connectivity index (χ1v) is 5.37. The minimum atomic E-state index is -0.170. The van der Waals surface area contributed by atoms with E-state index in [0.29, 0.717) is 5.92 Å². The fourth-order valence-electron chi connectivity index (χ4n) is 1.90. The van der Waals surface area contributed by atoms with Gasteiger partial charge < -0.3 is 0 Å². The van der Waals surface area contributed by atoms with E-state index >= 15 is 0 Å². The predicted octanol–water partition coefficient (Wildman–Crippen LogP) is 4.20. The summed E-state index contributed by atoms with van der Waals surface area (Å²) in [6.07, 6.45) is 8.62. The lowest BCUT2D eigenvalue weighted by molar-refractivity contribution is 0.613. The minimum absolute atomic E-state index is 0.170. The molecule has 0 bridgehead atoms. The molecule has 78 valence electrons. The normalized spacial score (nSPS) is 20.9. The van der Waals surface area contributed by atoms with Crippen molar-refractivity contribution < 1.29 is 4.39 Å². The van der Waals surface area contributed by atoms with E-state index in [0.717, 1.165) is 18.4 Å². The van der Waals surface area contributed by atoms with Gasteiger partial charge in [-0.2, -0.15) is 0 Å². The highest BCUT2D eigenvalue weighted by Gasteiger charge is 2.08. The Labute approximate surface area is 90.1 Å². The molecule has 15 heavy (non-hydrogen) atoms. The van der Waals surface area contributed by atoms with Gasteiger partial charge in [-0.25, -0.2) is 4.39 Å². The molecule has 1 heteroatoms. The molecule has 1 aromatic carbocycles. The van der Waals surface area contributed by atoms with Crippen LogP contribution in [-0.4, -0.2) is 0 Å². The molecule has 2 rings (SSSR count). The van der Waals surface area contributed by atoms with Gasteiger partial charge in [-0.3, -0.25) is 0 Å². The van der Waals surface area contributed by atoms with Crippen LogP contribution in [0, 0.1) is 11.7 Å². The largest absolute Gasteiger partial charge is 0.207 e. The highest BCUT2D eigenvalue weighted by Crippen LogP contribution is 2.26. The van der Waals surface area contributed by atoms with E-state index in [1.807, 2.05) is 12.1 Å². The monoisotopic (exact) mass is 202 g/mol. The molecule has 1 aliphatic carbocycles. The SMILES string of the molecule is CC1CC=CC=C(c2ccc(F)cc2)C1. The lowest BCUT2D eigenvalue weighted by Gasteiger charge is -2.10. The van der Waals surface area contributed by atoms with Crippen LogP contribution in [-0.2, 0) is 0 Å². The molecule has 0 spiro atoms. The number of allylic oxidation sites excluding steroid dienone is 4. The topological polar surface area (TPSA) is 0 Å². The summed E-state index contributed by atoms with van der Waals surface area (Å²) in [7, 11) is 0. The molecule has 0 radical (unpaired) electrons. The van der Waals surface area contributed by atoms with Crippen LogP contribution >= 0.6 is 0 Å². The van der Waals surface area contributed by atoms with E-state index in [-0.39, 0.29) is 5.82 Å². The summed E-state index contributed by atoms with van der Waals surface area (Å²) in [6, 6.07) is 6.75. The Morgan fingerprint density at radius 3 is 2.67 bits per heavy atom. The smallest absolute Gasteiger partial charge is 0.123 e. The van der Waals surface area contributed by atoms with E-state index in [4.69, 9.17) is 0 Å². The fourth-order valence-corrected chi connectivity index (χ4v) is 1.90. The predicted molar refractivity (Wildman–Crippen MR) is 61.9 cm³/mol. The van der Waals surface area contributed by atoms with E-state index in [1.54, 1.807) is 0 Å². The van der Waals surface area contributed by atoms with Crippen molar-refractivity contribution in [2.24, 2.45) is 5.92 Å². The van der Waals surface area contributed by atoms with Crippen LogP contribution in [0.1, 0.15) is 25.3 Å². The van der Waals surface area contributed by atoms with Gasteiger partial charge >= 0.3 is 0 Å². The molecular formula is C14H15F. The van der Waals surface area contributed by atoms with Gasteiger partial charge in [0, 0.05) is 0 Å². The maximum atomic E-state index is 12.8. The summed E-state index contributed by atoms with van der Waals surface area (Å²) in [5.41, 5.74) is 2.44. The Kier molecular flexibility index (Phi) is 3.00. The first-order valence-electron chi connectivity index (χ1n) is 5.37. The minimum Gasteiger partial charge on any atom is -0.207 e. The Balaban J connectivity index is 2.26. The molecule has 1 unspecified atom stereocenters. The summed E-state index contributed by atoms with van der Waals surface area (Å²) in [6.45, 7) is 2.24. The zero-order chi connectivity index (χ0) is 10.7. The van der Waals surface area contributed by atoms with E-state index in [9.17, 15) is 4.39 Å². The maximum Gasteiger partial charge on any atom is 0.123 e. The molecule has 0 nitrogen and oxygen atoms in total. The molecule has 0 saturated heterocycles. The molecular weight excluding hydrogens is 187 g/mol. The van der Waals surface area contributed by atoms with Crippen molar-refractivity contribution in [3.8, 4) is 0 Å². The van der Waals surface area contributed by atoms with Gasteiger partial charge in [0.05, 0.1) is 0 Å². The summed E-state index contributed by atoms with van der Waals surface area (Å²) in [5, 5.41) is 0. The number of hydrogen-bond acceptors (Lipinski definition) is 0. The van der Waals surface area contributed by atoms with Crippen molar-refractivity contribution in [2.45, 2.75) is 19.8 Å². The Morgan fingerprint density at radius 1 is 1.20 bits per heavy atom. The van der Waals surface area contributed by atoms with Gasteiger partial charge in [-0.1, -0.05) is 37.3 Å². The van der Waals surface area contributed by atoms with Crippen LogP contribution < -0.4 is 0 Å². The van der Waals surface area contributed by atoms with Crippen LogP contribution in [0.15, 0.2) is 42.5 Å². The number of rotatable bonds is 1. The van der Waals surface area contributed by atoms with Gasteiger partial charge in [0.1, 0.15) is 5.82 Å². The third-order valence-corrected chi connectivity index (χ3v) is 2.76. The van der Waals surface area contributed by atoms with Crippen molar-refractivity contribution in [3.63, 3.8) is 0 Å². The summed E-state index contributed by atoms with van der Waals surface area (Å²) < 4.78 is 12.8. The molecule has 1 atom stereocenters. The van der Waals surface area contributed by atoms with Crippen LogP contribution in [0.25, 0.3) is 5.57 Å². The lowest BCUT2D eigenvalue weighted by Crippen LogP contribution is -1.94. The average molecular weight is 202 g/mol. The molecule has 0 aromatic heterocycles. The Hall–Kier alpha value is -1.37. The van der Waals surface area contributed by atoms with Gasteiger partial charge in [0.2, 0.25) is 0 Å². The van der Waals surface area contributed by atoms with Crippen molar-refractivity contribution >= 4 is 5.57 Å². The number of hydrogen-bond donors (Lipinski definition) is 0. The quantitative estimate of drug-likeness (QED) is 0.640. The lowest BCUT2D eigenvalue weighted by atomic mass is 9.95. The van der Waals surface area contributed by atoms with Crippen LogP contribution in [0.4, 0.5) is 4.39 Å². The first kappa shape index (κ1) is 10.2. The van der Waals surface area contributed by atoms with Crippen molar-refractivity contribution in [3.05, 3.63) is 53.9 Å². The van der Waals surface area contributed by atoms with Crippen molar-refractivity contribution in [2.75, 3.05) is 0 Å². The summed E-state index contributed by atoms with van der Waals surface area (Å²) >= 11 is 0. The van der Waals surface area contributed by atoms with Gasteiger partial charge in [0.25, 0.3) is 0 Å². The average Bonchev–Trinajstić information content (AvgIpc) is 2.44. The van der Waals surface area contributed by atoms with Crippen molar-refractivity contribution in [1.29, 1.82) is 0 Å². The fraction of sp³-hybridized carbons (Fsp3) is 0.286. The molecule has 0 N–H and O–H groups in total. The van der Waals surface area contributed by atoms with Crippen molar-refractivity contribution in [1.82, 2.24) is 0 Å². The van der Waals surface area contributed by atoms with E-state index in [2.05, 4.69) is 25.2 Å². The molecule has 0 fully saturated rings. The second-order valence-electron chi connectivity index (χ2n) is 4.17. The van der Waals surface area contributed by atoms with E-state index in [1.165, 1.54) is 17.7 Å². The summed E-state index contributed by atoms with van der Waals surface area (Å²) in [5.74, 6) is 0.497. The van der Waals surface area contributed by atoms with Gasteiger partial charge in [0.15, 0.2) is 0 Å².